The largest absolute Gasteiger partial charge is 0.489 e. The van der Waals surface area contributed by atoms with Crippen LogP contribution in [-0.4, -0.2) is 17.8 Å². The lowest BCUT2D eigenvalue weighted by atomic mass is 10.1. The van der Waals surface area contributed by atoms with Crippen molar-refractivity contribution in [3.8, 4) is 5.75 Å². The first-order valence-corrected chi connectivity index (χ1v) is 5.57. The van der Waals surface area contributed by atoms with Crippen LogP contribution in [0.4, 0.5) is 0 Å². The van der Waals surface area contributed by atoms with Crippen molar-refractivity contribution >= 4 is 11.6 Å². The number of aryl methyl sites for hydroxylation is 1. The quantitative estimate of drug-likeness (QED) is 0.840. The maximum absolute atomic E-state index is 8.71. The Morgan fingerprint density at radius 2 is 2.13 bits per heavy atom. The van der Waals surface area contributed by atoms with Gasteiger partial charge in [0, 0.05) is 6.61 Å². The minimum absolute atomic E-state index is 0.130. The highest BCUT2D eigenvalue weighted by atomic mass is 35.5. The first-order valence-electron chi connectivity index (χ1n) is 5.19. The normalized spacial score (nSPS) is 10.7. The number of ether oxygens (including phenoxy) is 1. The second-order valence-electron chi connectivity index (χ2n) is 3.76. The van der Waals surface area contributed by atoms with Gasteiger partial charge < -0.3 is 9.84 Å². The summed E-state index contributed by atoms with van der Waals surface area (Å²) >= 11 is 6.06. The molecule has 0 saturated heterocycles. The number of aliphatic hydroxyl groups excluding tert-OH is 1. The minimum Gasteiger partial charge on any atom is -0.489 e. The third-order valence-electron chi connectivity index (χ3n) is 1.98. The molecule has 84 valence electrons. The predicted molar refractivity (Wildman–Crippen MR) is 62.6 cm³/mol. The van der Waals surface area contributed by atoms with Gasteiger partial charge in [0.15, 0.2) is 0 Å². The molecule has 0 aliphatic carbocycles. The van der Waals surface area contributed by atoms with Gasteiger partial charge in [0.2, 0.25) is 0 Å². The van der Waals surface area contributed by atoms with Gasteiger partial charge >= 0.3 is 0 Å². The lowest BCUT2D eigenvalue weighted by Gasteiger charge is -2.12. The Morgan fingerprint density at radius 1 is 1.40 bits per heavy atom. The van der Waals surface area contributed by atoms with E-state index < -0.39 is 0 Å². The lowest BCUT2D eigenvalue weighted by Crippen LogP contribution is -2.06. The summed E-state index contributed by atoms with van der Waals surface area (Å²) in [6, 6.07) is 5.77. The van der Waals surface area contributed by atoms with Crippen LogP contribution in [0.3, 0.4) is 0 Å². The zero-order valence-electron chi connectivity index (χ0n) is 9.16. The van der Waals surface area contributed by atoms with Crippen molar-refractivity contribution in [3.05, 3.63) is 28.8 Å². The van der Waals surface area contributed by atoms with Gasteiger partial charge in [0.25, 0.3) is 0 Å². The molecule has 0 spiro atoms. The Morgan fingerprint density at radius 3 is 2.67 bits per heavy atom. The summed E-state index contributed by atoms with van der Waals surface area (Å²) in [6.45, 7) is 4.15. The zero-order chi connectivity index (χ0) is 11.3. The molecule has 0 aliphatic rings. The molecule has 3 heteroatoms. The molecule has 0 aromatic heterocycles. The number of hydrogen-bond donors (Lipinski definition) is 1. The molecule has 1 aromatic carbocycles. The van der Waals surface area contributed by atoms with Crippen LogP contribution in [-0.2, 0) is 6.42 Å². The topological polar surface area (TPSA) is 29.5 Å². The Hall–Kier alpha value is -0.730. The minimum atomic E-state index is 0.130. The Labute approximate surface area is 95.8 Å². The van der Waals surface area contributed by atoms with Gasteiger partial charge in [0.05, 0.1) is 11.1 Å². The second-order valence-corrected chi connectivity index (χ2v) is 4.17. The van der Waals surface area contributed by atoms with Crippen LogP contribution in [0.5, 0.6) is 5.75 Å². The number of benzene rings is 1. The van der Waals surface area contributed by atoms with Crippen molar-refractivity contribution in [3.63, 3.8) is 0 Å². The van der Waals surface area contributed by atoms with Crippen LogP contribution >= 0.6 is 11.6 Å². The van der Waals surface area contributed by atoms with Gasteiger partial charge in [-0.15, -0.1) is 0 Å². The molecule has 0 heterocycles. The molecular weight excluding hydrogens is 212 g/mol. The Kier molecular flexibility index (Phi) is 4.92. The van der Waals surface area contributed by atoms with Crippen molar-refractivity contribution in [2.75, 3.05) is 6.61 Å². The molecule has 15 heavy (non-hydrogen) atoms. The summed E-state index contributed by atoms with van der Waals surface area (Å²) in [6.07, 6.45) is 1.74. The van der Waals surface area contributed by atoms with Gasteiger partial charge in [-0.25, -0.2) is 0 Å². The molecule has 0 fully saturated rings. The molecule has 0 aliphatic heterocycles. The van der Waals surface area contributed by atoms with Gasteiger partial charge in [-0.1, -0.05) is 17.7 Å². The van der Waals surface area contributed by atoms with E-state index in [1.807, 2.05) is 32.0 Å². The van der Waals surface area contributed by atoms with Crippen LogP contribution < -0.4 is 4.74 Å². The molecule has 1 aromatic rings. The highest BCUT2D eigenvalue weighted by Gasteiger charge is 2.04. The molecule has 0 atom stereocenters. The first kappa shape index (κ1) is 12.3. The fourth-order valence-electron chi connectivity index (χ4n) is 1.33. The van der Waals surface area contributed by atoms with E-state index in [9.17, 15) is 0 Å². The zero-order valence-corrected chi connectivity index (χ0v) is 9.92. The third kappa shape index (κ3) is 4.10. The van der Waals surface area contributed by atoms with E-state index in [0.717, 1.165) is 24.2 Å². The second kappa shape index (κ2) is 5.99. The van der Waals surface area contributed by atoms with E-state index in [0.29, 0.717) is 5.02 Å². The Bertz CT molecular complexity index is 310. The number of hydrogen-bond acceptors (Lipinski definition) is 2. The van der Waals surface area contributed by atoms with Crippen LogP contribution in [0, 0.1) is 0 Å². The van der Waals surface area contributed by atoms with Gasteiger partial charge in [-0.05, 0) is 44.4 Å². The molecule has 0 saturated carbocycles. The molecule has 0 unspecified atom stereocenters. The molecule has 1 rings (SSSR count). The van der Waals surface area contributed by atoms with E-state index in [2.05, 4.69) is 0 Å². The standard InChI is InChI=1S/C12H17ClO2/c1-9(2)15-12-6-5-10(4-3-7-14)8-11(12)13/h5-6,8-9,14H,3-4,7H2,1-2H3. The summed E-state index contributed by atoms with van der Waals surface area (Å²) in [5.74, 6) is 0.722. The molecular formula is C12H17ClO2. The SMILES string of the molecule is CC(C)Oc1ccc(CCCO)cc1Cl. The van der Waals surface area contributed by atoms with E-state index in [4.69, 9.17) is 21.4 Å². The molecule has 2 nitrogen and oxygen atoms in total. The molecule has 0 bridgehead atoms. The summed E-state index contributed by atoms with van der Waals surface area (Å²) in [4.78, 5) is 0. The average molecular weight is 229 g/mol. The van der Waals surface area contributed by atoms with Crippen molar-refractivity contribution in [2.45, 2.75) is 32.8 Å². The Balaban J connectivity index is 2.70. The van der Waals surface area contributed by atoms with Gasteiger partial charge in [0.1, 0.15) is 5.75 Å². The molecule has 1 N–H and O–H groups in total. The summed E-state index contributed by atoms with van der Waals surface area (Å²) in [5.41, 5.74) is 1.13. The van der Waals surface area contributed by atoms with E-state index >= 15 is 0 Å². The summed E-state index contributed by atoms with van der Waals surface area (Å²) in [7, 11) is 0. The fraction of sp³-hybridized carbons (Fsp3) is 0.500. The lowest BCUT2D eigenvalue weighted by molar-refractivity contribution is 0.242. The first-order chi connectivity index (χ1) is 7.13. The predicted octanol–water partition coefficient (Wildman–Crippen LogP) is 3.05. The van der Waals surface area contributed by atoms with Crippen LogP contribution in [0.15, 0.2) is 18.2 Å². The smallest absolute Gasteiger partial charge is 0.138 e. The number of aliphatic hydroxyl groups is 1. The van der Waals surface area contributed by atoms with E-state index in [1.54, 1.807) is 0 Å². The van der Waals surface area contributed by atoms with Crippen molar-refractivity contribution < 1.29 is 9.84 Å². The summed E-state index contributed by atoms with van der Waals surface area (Å²) < 4.78 is 5.52. The maximum atomic E-state index is 8.71. The third-order valence-corrected chi connectivity index (χ3v) is 2.28. The average Bonchev–Trinajstić information content (AvgIpc) is 2.18. The van der Waals surface area contributed by atoms with Crippen molar-refractivity contribution in [2.24, 2.45) is 0 Å². The van der Waals surface area contributed by atoms with Crippen LogP contribution in [0.2, 0.25) is 5.02 Å². The van der Waals surface area contributed by atoms with Crippen LogP contribution in [0.1, 0.15) is 25.8 Å². The monoisotopic (exact) mass is 228 g/mol. The molecule has 0 radical (unpaired) electrons. The summed E-state index contributed by atoms with van der Waals surface area (Å²) in [5, 5.41) is 9.35. The van der Waals surface area contributed by atoms with Gasteiger partial charge in [-0.2, -0.15) is 0 Å². The number of halogens is 1. The van der Waals surface area contributed by atoms with Crippen molar-refractivity contribution in [1.29, 1.82) is 0 Å². The van der Waals surface area contributed by atoms with E-state index in [1.165, 1.54) is 0 Å². The van der Waals surface area contributed by atoms with Crippen LogP contribution in [0.25, 0.3) is 0 Å². The maximum Gasteiger partial charge on any atom is 0.138 e. The number of rotatable bonds is 5. The highest BCUT2D eigenvalue weighted by molar-refractivity contribution is 6.32. The van der Waals surface area contributed by atoms with Crippen molar-refractivity contribution in [1.82, 2.24) is 0 Å². The highest BCUT2D eigenvalue weighted by Crippen LogP contribution is 2.26. The van der Waals surface area contributed by atoms with E-state index in [-0.39, 0.29) is 12.7 Å². The molecule has 0 amide bonds. The fourth-order valence-corrected chi connectivity index (χ4v) is 1.58. The van der Waals surface area contributed by atoms with Gasteiger partial charge in [-0.3, -0.25) is 0 Å².